The SMILES string of the molecule is CCc1ccc2[nH]c3c(c2c1)C(CN)CCC3. The van der Waals surface area contributed by atoms with Crippen LogP contribution in [0.15, 0.2) is 18.2 Å². The molecule has 17 heavy (non-hydrogen) atoms. The van der Waals surface area contributed by atoms with Crippen molar-refractivity contribution in [3.05, 3.63) is 35.0 Å². The van der Waals surface area contributed by atoms with Gasteiger partial charge in [0.1, 0.15) is 0 Å². The molecule has 2 aromatic rings. The zero-order chi connectivity index (χ0) is 11.8. The molecule has 1 atom stereocenters. The Morgan fingerprint density at radius 1 is 1.41 bits per heavy atom. The third-order valence-electron chi connectivity index (χ3n) is 4.07. The van der Waals surface area contributed by atoms with Gasteiger partial charge in [0.15, 0.2) is 0 Å². The molecule has 0 fully saturated rings. The lowest BCUT2D eigenvalue weighted by Gasteiger charge is -2.21. The van der Waals surface area contributed by atoms with Crippen molar-refractivity contribution in [2.45, 2.75) is 38.5 Å². The van der Waals surface area contributed by atoms with Crippen LogP contribution < -0.4 is 5.73 Å². The van der Waals surface area contributed by atoms with Gasteiger partial charge in [-0.2, -0.15) is 0 Å². The van der Waals surface area contributed by atoms with Crippen LogP contribution in [0.2, 0.25) is 0 Å². The molecule has 1 unspecified atom stereocenters. The first-order valence-electron chi connectivity index (χ1n) is 6.67. The molecule has 0 aliphatic heterocycles. The number of H-pyrrole nitrogens is 1. The molecule has 2 heteroatoms. The highest BCUT2D eigenvalue weighted by Crippen LogP contribution is 2.36. The minimum Gasteiger partial charge on any atom is -0.358 e. The van der Waals surface area contributed by atoms with Gasteiger partial charge in [0.2, 0.25) is 0 Å². The maximum atomic E-state index is 5.92. The quantitative estimate of drug-likeness (QED) is 0.814. The van der Waals surface area contributed by atoms with Gasteiger partial charge in [-0.3, -0.25) is 0 Å². The number of hydrogen-bond acceptors (Lipinski definition) is 1. The molecule has 1 heterocycles. The minimum absolute atomic E-state index is 0.555. The smallest absolute Gasteiger partial charge is 0.0459 e. The van der Waals surface area contributed by atoms with Gasteiger partial charge >= 0.3 is 0 Å². The van der Waals surface area contributed by atoms with E-state index in [1.165, 1.54) is 47.0 Å². The fraction of sp³-hybridized carbons (Fsp3) is 0.467. The van der Waals surface area contributed by atoms with E-state index in [1.54, 1.807) is 0 Å². The number of nitrogens with two attached hydrogens (primary N) is 1. The first-order valence-corrected chi connectivity index (χ1v) is 6.67. The molecule has 1 aromatic heterocycles. The zero-order valence-electron chi connectivity index (χ0n) is 10.4. The number of nitrogens with one attached hydrogen (secondary N) is 1. The maximum Gasteiger partial charge on any atom is 0.0459 e. The second kappa shape index (κ2) is 4.19. The molecule has 3 N–H and O–H groups in total. The standard InChI is InChI=1S/C15H20N2/c1-2-10-6-7-13-12(8-10)15-11(9-16)4-3-5-14(15)17-13/h6-8,11,17H,2-5,9,16H2,1H3. The van der Waals surface area contributed by atoms with Crippen molar-refractivity contribution in [1.29, 1.82) is 0 Å². The van der Waals surface area contributed by atoms with Crippen LogP contribution in [0.5, 0.6) is 0 Å². The van der Waals surface area contributed by atoms with Gasteiger partial charge in [-0.15, -0.1) is 0 Å². The number of rotatable bonds is 2. The summed E-state index contributed by atoms with van der Waals surface area (Å²) < 4.78 is 0. The Balaban J connectivity index is 2.23. The van der Waals surface area contributed by atoms with Crippen molar-refractivity contribution < 1.29 is 0 Å². The molecular weight excluding hydrogens is 208 g/mol. The molecule has 1 aromatic carbocycles. The highest BCUT2D eigenvalue weighted by atomic mass is 14.7. The Kier molecular flexibility index (Phi) is 2.67. The Morgan fingerprint density at radius 3 is 3.06 bits per heavy atom. The summed E-state index contributed by atoms with van der Waals surface area (Å²) in [7, 11) is 0. The number of aromatic nitrogens is 1. The van der Waals surface area contributed by atoms with E-state index in [0.29, 0.717) is 5.92 Å². The monoisotopic (exact) mass is 228 g/mol. The average molecular weight is 228 g/mol. The highest BCUT2D eigenvalue weighted by molar-refractivity contribution is 5.86. The molecule has 0 amide bonds. The van der Waals surface area contributed by atoms with Crippen LogP contribution in [0.4, 0.5) is 0 Å². The van der Waals surface area contributed by atoms with Crippen LogP contribution >= 0.6 is 0 Å². The van der Waals surface area contributed by atoms with Gasteiger partial charge in [-0.1, -0.05) is 13.0 Å². The lowest BCUT2D eigenvalue weighted by Crippen LogP contribution is -2.17. The summed E-state index contributed by atoms with van der Waals surface area (Å²) in [4.78, 5) is 3.58. The molecule has 0 saturated heterocycles. The molecule has 0 radical (unpaired) electrons. The van der Waals surface area contributed by atoms with Gasteiger partial charge in [-0.25, -0.2) is 0 Å². The number of aromatic amines is 1. The summed E-state index contributed by atoms with van der Waals surface area (Å²) in [6, 6.07) is 6.79. The summed E-state index contributed by atoms with van der Waals surface area (Å²) in [6.07, 6.45) is 4.79. The molecule has 0 bridgehead atoms. The van der Waals surface area contributed by atoms with Crippen LogP contribution in [0.3, 0.4) is 0 Å². The Labute approximate surface area is 102 Å². The molecule has 2 nitrogen and oxygen atoms in total. The Bertz CT molecular complexity index is 539. The van der Waals surface area contributed by atoms with E-state index in [0.717, 1.165) is 13.0 Å². The Morgan fingerprint density at radius 2 is 2.29 bits per heavy atom. The van der Waals surface area contributed by atoms with Gasteiger partial charge in [0, 0.05) is 16.6 Å². The van der Waals surface area contributed by atoms with Crippen molar-refractivity contribution in [3.63, 3.8) is 0 Å². The van der Waals surface area contributed by atoms with E-state index in [4.69, 9.17) is 5.73 Å². The largest absolute Gasteiger partial charge is 0.358 e. The summed E-state index contributed by atoms with van der Waals surface area (Å²) in [5, 5.41) is 1.41. The first kappa shape index (κ1) is 10.8. The Hall–Kier alpha value is -1.28. The summed E-state index contributed by atoms with van der Waals surface area (Å²) in [6.45, 7) is 2.98. The summed E-state index contributed by atoms with van der Waals surface area (Å²) >= 11 is 0. The van der Waals surface area contributed by atoms with Crippen LogP contribution in [-0.4, -0.2) is 11.5 Å². The van der Waals surface area contributed by atoms with Crippen molar-refractivity contribution in [1.82, 2.24) is 4.98 Å². The third kappa shape index (κ3) is 1.67. The predicted octanol–water partition coefficient (Wildman–Crippen LogP) is 3.11. The minimum atomic E-state index is 0.555. The van der Waals surface area contributed by atoms with Gasteiger partial charge in [0.05, 0.1) is 0 Å². The van der Waals surface area contributed by atoms with Crippen molar-refractivity contribution >= 4 is 10.9 Å². The molecular formula is C15H20N2. The van der Waals surface area contributed by atoms with Crippen LogP contribution in [0.25, 0.3) is 10.9 Å². The summed E-state index contributed by atoms with van der Waals surface area (Å²) in [5.41, 5.74) is 11.6. The third-order valence-corrected chi connectivity index (χ3v) is 4.07. The maximum absolute atomic E-state index is 5.92. The van der Waals surface area contributed by atoms with E-state index in [9.17, 15) is 0 Å². The number of fused-ring (bicyclic) bond motifs is 3. The van der Waals surface area contributed by atoms with Crippen molar-refractivity contribution in [2.24, 2.45) is 5.73 Å². The highest BCUT2D eigenvalue weighted by Gasteiger charge is 2.23. The second-order valence-corrected chi connectivity index (χ2v) is 5.08. The number of aryl methyl sites for hydroxylation is 2. The predicted molar refractivity (Wildman–Crippen MR) is 72.4 cm³/mol. The number of benzene rings is 1. The van der Waals surface area contributed by atoms with E-state index >= 15 is 0 Å². The number of hydrogen-bond donors (Lipinski definition) is 2. The van der Waals surface area contributed by atoms with E-state index in [2.05, 4.69) is 30.1 Å². The van der Waals surface area contributed by atoms with Crippen LogP contribution in [0, 0.1) is 0 Å². The summed E-state index contributed by atoms with van der Waals surface area (Å²) in [5.74, 6) is 0.555. The topological polar surface area (TPSA) is 41.8 Å². The van der Waals surface area contributed by atoms with E-state index < -0.39 is 0 Å². The van der Waals surface area contributed by atoms with Crippen LogP contribution in [-0.2, 0) is 12.8 Å². The van der Waals surface area contributed by atoms with Crippen LogP contribution in [0.1, 0.15) is 42.5 Å². The molecule has 0 spiro atoms. The normalized spacial score (nSPS) is 19.5. The first-order chi connectivity index (χ1) is 8.33. The van der Waals surface area contributed by atoms with Gasteiger partial charge in [0.25, 0.3) is 0 Å². The fourth-order valence-corrected chi connectivity index (χ4v) is 3.10. The van der Waals surface area contributed by atoms with E-state index in [1.807, 2.05) is 0 Å². The van der Waals surface area contributed by atoms with Gasteiger partial charge < -0.3 is 10.7 Å². The van der Waals surface area contributed by atoms with Crippen molar-refractivity contribution in [3.8, 4) is 0 Å². The lowest BCUT2D eigenvalue weighted by molar-refractivity contribution is 0.560. The molecule has 1 aliphatic rings. The lowest BCUT2D eigenvalue weighted by atomic mass is 9.85. The molecule has 0 saturated carbocycles. The average Bonchev–Trinajstić information content (AvgIpc) is 2.75. The second-order valence-electron chi connectivity index (χ2n) is 5.08. The molecule has 3 rings (SSSR count). The zero-order valence-corrected chi connectivity index (χ0v) is 10.4. The van der Waals surface area contributed by atoms with Crippen molar-refractivity contribution in [2.75, 3.05) is 6.54 Å². The van der Waals surface area contributed by atoms with E-state index in [-0.39, 0.29) is 0 Å². The fourth-order valence-electron chi connectivity index (χ4n) is 3.10. The molecule has 1 aliphatic carbocycles. The molecule has 90 valence electrons. The van der Waals surface area contributed by atoms with Gasteiger partial charge in [-0.05, 0) is 61.4 Å².